The van der Waals surface area contributed by atoms with Gasteiger partial charge in [-0.15, -0.1) is 0 Å². The van der Waals surface area contributed by atoms with Crippen LogP contribution in [0.15, 0.2) is 36.6 Å². The van der Waals surface area contributed by atoms with Gasteiger partial charge in [0.2, 0.25) is 0 Å². The van der Waals surface area contributed by atoms with Gasteiger partial charge >= 0.3 is 0 Å². The molecule has 1 rings (SSSR count). The van der Waals surface area contributed by atoms with Gasteiger partial charge in [-0.05, 0) is 30.3 Å². The molecule has 0 saturated heterocycles. The average Bonchev–Trinajstić information content (AvgIpc) is 2.38. The minimum absolute atomic E-state index is 0.238. The Bertz CT molecular complexity index is 271. The van der Waals surface area contributed by atoms with E-state index < -0.39 is 0 Å². The summed E-state index contributed by atoms with van der Waals surface area (Å²) in [7, 11) is 0. The molecule has 14 heavy (non-hydrogen) atoms. The summed E-state index contributed by atoms with van der Waals surface area (Å²) in [6.45, 7) is 15.0. The number of rotatable bonds is 4. The standard InChI is InChI=1S/C13H20O/c1-6-14-9-10(2)12-8-7-11(3)13(12,4)5/h6-7,12H,1-2,8-9H2,3-5H3. The fraction of sp³-hybridized carbons (Fsp3) is 0.538. The lowest BCUT2D eigenvalue weighted by Gasteiger charge is -2.31. The van der Waals surface area contributed by atoms with Crippen LogP contribution in [0.25, 0.3) is 0 Å². The van der Waals surface area contributed by atoms with E-state index >= 15 is 0 Å². The first kappa shape index (κ1) is 11.1. The minimum atomic E-state index is 0.238. The van der Waals surface area contributed by atoms with Crippen LogP contribution in [0.3, 0.4) is 0 Å². The Morgan fingerprint density at radius 2 is 2.36 bits per heavy atom. The summed E-state index contributed by atoms with van der Waals surface area (Å²) in [5.41, 5.74) is 2.87. The molecule has 0 bridgehead atoms. The van der Waals surface area contributed by atoms with E-state index in [0.717, 1.165) is 6.42 Å². The largest absolute Gasteiger partial charge is 0.497 e. The average molecular weight is 192 g/mol. The highest BCUT2D eigenvalue weighted by Crippen LogP contribution is 2.46. The summed E-state index contributed by atoms with van der Waals surface area (Å²) < 4.78 is 5.18. The van der Waals surface area contributed by atoms with E-state index in [9.17, 15) is 0 Å². The Morgan fingerprint density at radius 3 is 2.79 bits per heavy atom. The summed E-state index contributed by atoms with van der Waals surface area (Å²) in [5.74, 6) is 0.516. The Morgan fingerprint density at radius 1 is 1.71 bits per heavy atom. The summed E-state index contributed by atoms with van der Waals surface area (Å²) in [6, 6.07) is 0. The zero-order valence-electron chi connectivity index (χ0n) is 9.47. The van der Waals surface area contributed by atoms with Gasteiger partial charge in [0, 0.05) is 0 Å². The van der Waals surface area contributed by atoms with E-state index in [4.69, 9.17) is 4.74 Å². The first-order chi connectivity index (χ1) is 6.50. The van der Waals surface area contributed by atoms with Gasteiger partial charge in [-0.25, -0.2) is 0 Å². The maximum atomic E-state index is 5.18. The van der Waals surface area contributed by atoms with Crippen molar-refractivity contribution in [1.82, 2.24) is 0 Å². The third kappa shape index (κ3) is 1.92. The maximum absolute atomic E-state index is 5.18. The van der Waals surface area contributed by atoms with Crippen LogP contribution in [-0.4, -0.2) is 6.61 Å². The number of allylic oxidation sites excluding steroid dienone is 2. The molecule has 0 fully saturated rings. The summed E-state index contributed by atoms with van der Waals surface area (Å²) in [5, 5.41) is 0. The van der Waals surface area contributed by atoms with Gasteiger partial charge in [0.1, 0.15) is 6.61 Å². The van der Waals surface area contributed by atoms with Gasteiger partial charge in [-0.2, -0.15) is 0 Å². The molecule has 1 aliphatic rings. The van der Waals surface area contributed by atoms with E-state index in [2.05, 4.69) is 40.0 Å². The fourth-order valence-electron chi connectivity index (χ4n) is 2.07. The van der Waals surface area contributed by atoms with Gasteiger partial charge in [0.05, 0.1) is 6.26 Å². The minimum Gasteiger partial charge on any atom is -0.497 e. The van der Waals surface area contributed by atoms with Crippen molar-refractivity contribution in [2.24, 2.45) is 11.3 Å². The molecule has 0 saturated carbocycles. The fourth-order valence-corrected chi connectivity index (χ4v) is 2.07. The molecule has 1 heteroatoms. The van der Waals surface area contributed by atoms with E-state index in [1.54, 1.807) is 0 Å². The van der Waals surface area contributed by atoms with Crippen LogP contribution in [0.1, 0.15) is 27.2 Å². The molecule has 78 valence electrons. The molecule has 0 aromatic carbocycles. The molecule has 0 aliphatic heterocycles. The number of ether oxygens (including phenoxy) is 1. The summed E-state index contributed by atoms with van der Waals surface area (Å²) >= 11 is 0. The predicted molar refractivity (Wildman–Crippen MR) is 60.9 cm³/mol. The lowest BCUT2D eigenvalue weighted by Crippen LogP contribution is -2.23. The van der Waals surface area contributed by atoms with E-state index in [1.807, 2.05) is 0 Å². The third-order valence-corrected chi connectivity index (χ3v) is 3.43. The molecule has 1 aliphatic carbocycles. The molecule has 1 atom stereocenters. The van der Waals surface area contributed by atoms with Gasteiger partial charge in [-0.3, -0.25) is 0 Å². The van der Waals surface area contributed by atoms with Crippen molar-refractivity contribution >= 4 is 0 Å². The molecule has 0 spiro atoms. The monoisotopic (exact) mass is 192 g/mol. The van der Waals surface area contributed by atoms with Crippen LogP contribution < -0.4 is 0 Å². The molecule has 1 unspecified atom stereocenters. The van der Waals surface area contributed by atoms with Crippen molar-refractivity contribution in [3.05, 3.63) is 36.6 Å². The molecule has 0 N–H and O–H groups in total. The Labute approximate surface area is 87.2 Å². The van der Waals surface area contributed by atoms with Crippen molar-refractivity contribution in [2.75, 3.05) is 6.61 Å². The van der Waals surface area contributed by atoms with Crippen LogP contribution in [0.5, 0.6) is 0 Å². The van der Waals surface area contributed by atoms with Crippen LogP contribution in [-0.2, 0) is 4.74 Å². The first-order valence-corrected chi connectivity index (χ1v) is 5.07. The molecule has 1 nitrogen and oxygen atoms in total. The number of hydrogen-bond acceptors (Lipinski definition) is 1. The zero-order chi connectivity index (χ0) is 10.8. The van der Waals surface area contributed by atoms with Crippen LogP contribution in [0.2, 0.25) is 0 Å². The highest BCUT2D eigenvalue weighted by atomic mass is 16.5. The van der Waals surface area contributed by atoms with E-state index in [-0.39, 0.29) is 5.41 Å². The molecule has 0 radical (unpaired) electrons. The Hall–Kier alpha value is -0.980. The number of hydrogen-bond donors (Lipinski definition) is 0. The second-order valence-electron chi connectivity index (χ2n) is 4.53. The second-order valence-corrected chi connectivity index (χ2v) is 4.53. The van der Waals surface area contributed by atoms with Crippen LogP contribution in [0, 0.1) is 11.3 Å². The van der Waals surface area contributed by atoms with Crippen molar-refractivity contribution in [1.29, 1.82) is 0 Å². The highest BCUT2D eigenvalue weighted by Gasteiger charge is 2.36. The summed E-state index contributed by atoms with van der Waals surface area (Å²) in [4.78, 5) is 0. The van der Waals surface area contributed by atoms with Crippen molar-refractivity contribution in [3.63, 3.8) is 0 Å². The topological polar surface area (TPSA) is 9.23 Å². The second kappa shape index (κ2) is 4.04. The predicted octanol–water partition coefficient (Wildman–Crippen LogP) is 3.70. The molecule has 0 amide bonds. The van der Waals surface area contributed by atoms with Crippen molar-refractivity contribution in [3.8, 4) is 0 Å². The molecule has 0 aromatic rings. The van der Waals surface area contributed by atoms with Crippen LogP contribution >= 0.6 is 0 Å². The molecule has 0 aromatic heterocycles. The molecular weight excluding hydrogens is 172 g/mol. The Balaban J connectivity index is 2.64. The smallest absolute Gasteiger partial charge is 0.108 e. The van der Waals surface area contributed by atoms with Gasteiger partial charge in [0.15, 0.2) is 0 Å². The third-order valence-electron chi connectivity index (χ3n) is 3.43. The first-order valence-electron chi connectivity index (χ1n) is 5.07. The normalized spacial score (nSPS) is 24.2. The van der Waals surface area contributed by atoms with Gasteiger partial charge in [-0.1, -0.05) is 38.7 Å². The van der Waals surface area contributed by atoms with Crippen molar-refractivity contribution < 1.29 is 4.74 Å². The zero-order valence-corrected chi connectivity index (χ0v) is 9.47. The maximum Gasteiger partial charge on any atom is 0.108 e. The highest BCUT2D eigenvalue weighted by molar-refractivity contribution is 5.25. The SMILES string of the molecule is C=COCC(=C)C1CC=C(C)C1(C)C. The quantitative estimate of drug-likeness (QED) is 0.487. The molecular formula is C13H20O. The van der Waals surface area contributed by atoms with Crippen molar-refractivity contribution in [2.45, 2.75) is 27.2 Å². The van der Waals surface area contributed by atoms with Crippen LogP contribution in [0.4, 0.5) is 0 Å². The lowest BCUT2D eigenvalue weighted by atomic mass is 9.74. The van der Waals surface area contributed by atoms with E-state index in [1.165, 1.54) is 17.4 Å². The van der Waals surface area contributed by atoms with Gasteiger partial charge < -0.3 is 4.74 Å². The summed E-state index contributed by atoms with van der Waals surface area (Å²) in [6.07, 6.45) is 4.88. The van der Waals surface area contributed by atoms with Gasteiger partial charge in [0.25, 0.3) is 0 Å². The lowest BCUT2D eigenvalue weighted by molar-refractivity contribution is 0.242. The Kier molecular flexibility index (Phi) is 3.20. The molecule has 0 heterocycles. The van der Waals surface area contributed by atoms with E-state index in [0.29, 0.717) is 12.5 Å².